The van der Waals surface area contributed by atoms with Crippen LogP contribution < -0.4 is 5.43 Å². The highest BCUT2D eigenvalue weighted by Gasteiger charge is 2.10. The molecule has 0 fully saturated rings. The van der Waals surface area contributed by atoms with Gasteiger partial charge in [-0.3, -0.25) is 4.79 Å². The molecule has 3 rings (SSSR count). The molecule has 0 aliphatic carbocycles. The normalized spacial score (nSPS) is 10.4. The molecule has 0 aliphatic rings. The fourth-order valence-corrected chi connectivity index (χ4v) is 1.93. The summed E-state index contributed by atoms with van der Waals surface area (Å²) >= 11 is 0. The quantitative estimate of drug-likeness (QED) is 0.694. The van der Waals surface area contributed by atoms with Crippen molar-refractivity contribution in [1.82, 2.24) is 25.6 Å². The van der Waals surface area contributed by atoms with Crippen LogP contribution in [0.2, 0.25) is 0 Å². The van der Waals surface area contributed by atoms with Gasteiger partial charge in [0, 0.05) is 17.1 Å². The molecular formula is C12H13N5O2. The Morgan fingerprint density at radius 1 is 1.32 bits per heavy atom. The summed E-state index contributed by atoms with van der Waals surface area (Å²) in [5.41, 5.74) is 2.34. The van der Waals surface area contributed by atoms with Crippen molar-refractivity contribution >= 4 is 10.9 Å². The zero-order valence-electron chi connectivity index (χ0n) is 10.3. The van der Waals surface area contributed by atoms with Crippen LogP contribution in [-0.2, 0) is 6.42 Å². The average Bonchev–Trinajstić information content (AvgIpc) is 2.92. The van der Waals surface area contributed by atoms with Gasteiger partial charge in [-0.05, 0) is 29.3 Å². The van der Waals surface area contributed by atoms with Crippen molar-refractivity contribution in [2.24, 2.45) is 0 Å². The highest BCUT2D eigenvalue weighted by molar-refractivity contribution is 5.82. The van der Waals surface area contributed by atoms with Crippen LogP contribution in [0.15, 0.2) is 29.2 Å². The molecule has 3 aromatic rings. The van der Waals surface area contributed by atoms with Crippen molar-refractivity contribution in [3.8, 4) is 11.4 Å². The van der Waals surface area contributed by atoms with Crippen LogP contribution in [0, 0.1) is 0 Å². The van der Waals surface area contributed by atoms with Crippen molar-refractivity contribution < 1.29 is 5.48 Å². The Hall–Kier alpha value is -2.54. The monoisotopic (exact) mass is 259 g/mol. The van der Waals surface area contributed by atoms with E-state index in [4.69, 9.17) is 0 Å². The summed E-state index contributed by atoms with van der Waals surface area (Å²) in [7, 11) is 0. The number of pyridine rings is 1. The molecule has 7 nitrogen and oxygen atoms in total. The molecule has 2 heterocycles. The van der Waals surface area contributed by atoms with E-state index in [1.165, 1.54) is 5.56 Å². The standard InChI is InChI=1S/C12H11N5O.H2O/c1-2-7-3-4-8-10(5-7)13-6-9(11(8)18)12-14-16-17-15-12;/h3-6H,2H2,1H3,(H,13,18)(H,14,15,16,17);1H2. The molecule has 0 spiro atoms. The number of fused-ring (bicyclic) bond motifs is 1. The van der Waals surface area contributed by atoms with Gasteiger partial charge in [-0.2, -0.15) is 5.21 Å². The maximum Gasteiger partial charge on any atom is 0.210 e. The average molecular weight is 259 g/mol. The summed E-state index contributed by atoms with van der Waals surface area (Å²) in [6.07, 6.45) is 2.56. The van der Waals surface area contributed by atoms with E-state index in [2.05, 4.69) is 32.5 Å². The molecule has 0 radical (unpaired) electrons. The van der Waals surface area contributed by atoms with Crippen LogP contribution in [0.3, 0.4) is 0 Å². The molecule has 19 heavy (non-hydrogen) atoms. The topological polar surface area (TPSA) is 119 Å². The first-order valence-electron chi connectivity index (χ1n) is 5.67. The number of nitrogens with zero attached hydrogens (tertiary/aromatic N) is 3. The van der Waals surface area contributed by atoms with Gasteiger partial charge in [0.15, 0.2) is 0 Å². The fourth-order valence-electron chi connectivity index (χ4n) is 1.93. The Morgan fingerprint density at radius 3 is 2.84 bits per heavy atom. The molecular weight excluding hydrogens is 246 g/mol. The van der Waals surface area contributed by atoms with E-state index in [1.807, 2.05) is 18.2 Å². The van der Waals surface area contributed by atoms with Crippen LogP contribution in [-0.4, -0.2) is 31.1 Å². The number of aromatic nitrogens is 5. The second-order valence-corrected chi connectivity index (χ2v) is 4.00. The summed E-state index contributed by atoms with van der Waals surface area (Å²) < 4.78 is 0. The Morgan fingerprint density at radius 2 is 2.16 bits per heavy atom. The highest BCUT2D eigenvalue weighted by atomic mass is 16.1. The zero-order chi connectivity index (χ0) is 12.5. The second-order valence-electron chi connectivity index (χ2n) is 4.00. The highest BCUT2D eigenvalue weighted by Crippen LogP contribution is 2.15. The van der Waals surface area contributed by atoms with Gasteiger partial charge in [0.25, 0.3) is 0 Å². The molecule has 4 N–H and O–H groups in total. The molecule has 0 amide bonds. The predicted octanol–water partition coefficient (Wildman–Crippen LogP) is 0.446. The number of aryl methyl sites for hydroxylation is 1. The van der Waals surface area contributed by atoms with Crippen molar-refractivity contribution in [2.75, 3.05) is 0 Å². The summed E-state index contributed by atoms with van der Waals surface area (Å²) in [4.78, 5) is 15.4. The predicted molar refractivity (Wildman–Crippen MR) is 70.7 cm³/mol. The third-order valence-corrected chi connectivity index (χ3v) is 2.94. The molecule has 0 atom stereocenters. The molecule has 0 saturated carbocycles. The number of tetrazole rings is 1. The molecule has 7 heteroatoms. The molecule has 1 aromatic carbocycles. The largest absolute Gasteiger partial charge is 0.412 e. The number of benzene rings is 1. The lowest BCUT2D eigenvalue weighted by Crippen LogP contribution is -2.07. The van der Waals surface area contributed by atoms with Crippen LogP contribution >= 0.6 is 0 Å². The molecule has 98 valence electrons. The summed E-state index contributed by atoms with van der Waals surface area (Å²) in [5, 5.41) is 14.1. The number of rotatable bonds is 2. The Balaban J connectivity index is 0.00000133. The van der Waals surface area contributed by atoms with E-state index in [-0.39, 0.29) is 10.9 Å². The van der Waals surface area contributed by atoms with Gasteiger partial charge in [0.2, 0.25) is 11.3 Å². The first-order chi connectivity index (χ1) is 8.79. The van der Waals surface area contributed by atoms with Gasteiger partial charge >= 0.3 is 0 Å². The summed E-state index contributed by atoms with van der Waals surface area (Å²) in [6.45, 7) is 2.08. The smallest absolute Gasteiger partial charge is 0.210 e. The third-order valence-electron chi connectivity index (χ3n) is 2.94. The van der Waals surface area contributed by atoms with E-state index in [9.17, 15) is 4.79 Å². The van der Waals surface area contributed by atoms with Crippen LogP contribution in [0.25, 0.3) is 22.3 Å². The van der Waals surface area contributed by atoms with Crippen molar-refractivity contribution in [1.29, 1.82) is 0 Å². The third kappa shape index (κ3) is 2.11. The Kier molecular flexibility index (Phi) is 3.39. The maximum absolute atomic E-state index is 12.3. The maximum atomic E-state index is 12.3. The zero-order valence-corrected chi connectivity index (χ0v) is 10.3. The van der Waals surface area contributed by atoms with Gasteiger partial charge in [0.1, 0.15) is 0 Å². The van der Waals surface area contributed by atoms with Crippen molar-refractivity contribution in [3.05, 3.63) is 40.2 Å². The van der Waals surface area contributed by atoms with E-state index in [0.29, 0.717) is 16.8 Å². The Labute approximate surface area is 108 Å². The van der Waals surface area contributed by atoms with Gasteiger partial charge in [-0.25, -0.2) is 0 Å². The van der Waals surface area contributed by atoms with Crippen molar-refractivity contribution in [3.63, 3.8) is 0 Å². The summed E-state index contributed by atoms with van der Waals surface area (Å²) in [5.74, 6) is 0.303. The lowest BCUT2D eigenvalue weighted by molar-refractivity contribution is 0.824. The number of nitrogens with one attached hydrogen (secondary N) is 2. The number of H-pyrrole nitrogens is 2. The molecule has 0 bridgehead atoms. The molecule has 2 aromatic heterocycles. The lowest BCUT2D eigenvalue weighted by Gasteiger charge is -2.02. The Bertz CT molecular complexity index is 748. The first-order valence-corrected chi connectivity index (χ1v) is 5.67. The van der Waals surface area contributed by atoms with Crippen LogP contribution in [0.5, 0.6) is 0 Å². The van der Waals surface area contributed by atoms with E-state index in [1.54, 1.807) is 6.20 Å². The van der Waals surface area contributed by atoms with Crippen LogP contribution in [0.4, 0.5) is 0 Å². The number of aromatic amines is 2. The van der Waals surface area contributed by atoms with E-state index >= 15 is 0 Å². The van der Waals surface area contributed by atoms with Crippen molar-refractivity contribution in [2.45, 2.75) is 13.3 Å². The fraction of sp³-hybridized carbons (Fsp3) is 0.167. The minimum atomic E-state index is -0.0900. The number of hydrogen-bond acceptors (Lipinski definition) is 4. The lowest BCUT2D eigenvalue weighted by atomic mass is 10.1. The second kappa shape index (κ2) is 4.99. The van der Waals surface area contributed by atoms with Gasteiger partial charge in [-0.15, -0.1) is 10.2 Å². The SMILES string of the molecule is CCc1ccc2c(=O)c(-c3nn[nH]n3)c[nH]c2c1.O. The minimum Gasteiger partial charge on any atom is -0.412 e. The molecule has 0 aliphatic heterocycles. The van der Waals surface area contributed by atoms with Gasteiger partial charge < -0.3 is 10.5 Å². The van der Waals surface area contributed by atoms with Gasteiger partial charge in [0.05, 0.1) is 5.56 Å². The number of hydrogen-bond donors (Lipinski definition) is 2. The van der Waals surface area contributed by atoms with Crippen LogP contribution in [0.1, 0.15) is 12.5 Å². The summed E-state index contributed by atoms with van der Waals surface area (Å²) in [6, 6.07) is 5.77. The first kappa shape index (κ1) is 12.9. The van der Waals surface area contributed by atoms with E-state index in [0.717, 1.165) is 11.9 Å². The van der Waals surface area contributed by atoms with Gasteiger partial charge in [-0.1, -0.05) is 13.0 Å². The van der Waals surface area contributed by atoms with E-state index < -0.39 is 0 Å². The molecule has 0 saturated heterocycles. The molecule has 0 unspecified atom stereocenters. The minimum absolute atomic E-state index is 0.